The molecule has 1 heterocycles. The Morgan fingerprint density at radius 2 is 2.29 bits per heavy atom. The number of nitrogens with zero attached hydrogens (tertiary/aromatic N) is 2. The molecule has 1 atom stereocenters. The quantitative estimate of drug-likeness (QED) is 0.593. The van der Waals surface area contributed by atoms with Gasteiger partial charge >= 0.3 is 11.2 Å². The molecule has 0 saturated carbocycles. The molecule has 0 saturated heterocycles. The Morgan fingerprint density at radius 3 is 2.88 bits per heavy atom. The lowest BCUT2D eigenvalue weighted by Gasteiger charge is -2.13. The average molecular weight is 239 g/mol. The minimum absolute atomic E-state index is 0.245. The normalized spacial score (nSPS) is 12.4. The lowest BCUT2D eigenvalue weighted by molar-refractivity contribution is -0.386. The van der Waals surface area contributed by atoms with Crippen molar-refractivity contribution < 1.29 is 4.92 Å². The van der Waals surface area contributed by atoms with Gasteiger partial charge in [-0.1, -0.05) is 13.8 Å². The van der Waals surface area contributed by atoms with Gasteiger partial charge in [0, 0.05) is 18.8 Å². The molecule has 0 aliphatic heterocycles. The van der Waals surface area contributed by atoms with Crippen LogP contribution in [0.3, 0.4) is 0 Å². The molecule has 0 bridgehead atoms. The molecule has 1 aromatic heterocycles. The molecule has 0 aromatic carbocycles. The van der Waals surface area contributed by atoms with Crippen LogP contribution >= 0.6 is 0 Å². The van der Waals surface area contributed by atoms with Gasteiger partial charge < -0.3 is 9.88 Å². The summed E-state index contributed by atoms with van der Waals surface area (Å²) in [4.78, 5) is 21.7. The topological polar surface area (TPSA) is 77.2 Å². The molecule has 1 rings (SSSR count). The third-order valence-corrected chi connectivity index (χ3v) is 2.45. The third-order valence-electron chi connectivity index (χ3n) is 2.45. The van der Waals surface area contributed by atoms with Crippen molar-refractivity contribution in [2.24, 2.45) is 5.92 Å². The van der Waals surface area contributed by atoms with Crippen LogP contribution in [0, 0.1) is 16.0 Å². The van der Waals surface area contributed by atoms with Crippen LogP contribution < -0.4 is 10.9 Å². The molecule has 6 nitrogen and oxygen atoms in total. The van der Waals surface area contributed by atoms with Gasteiger partial charge in [0.15, 0.2) is 0 Å². The summed E-state index contributed by atoms with van der Waals surface area (Å²) in [6, 6.07) is 2.76. The van der Waals surface area contributed by atoms with E-state index < -0.39 is 10.5 Å². The van der Waals surface area contributed by atoms with Gasteiger partial charge in [0.05, 0.1) is 4.92 Å². The van der Waals surface area contributed by atoms with Gasteiger partial charge in [0.2, 0.25) is 0 Å². The van der Waals surface area contributed by atoms with Crippen molar-refractivity contribution in [3.63, 3.8) is 0 Å². The van der Waals surface area contributed by atoms with Gasteiger partial charge in [0.25, 0.3) is 0 Å². The Morgan fingerprint density at radius 1 is 1.59 bits per heavy atom. The van der Waals surface area contributed by atoms with Crippen LogP contribution in [-0.2, 0) is 6.54 Å². The first-order valence-corrected chi connectivity index (χ1v) is 5.60. The first-order chi connectivity index (χ1) is 8.06. The van der Waals surface area contributed by atoms with Crippen LogP contribution in [0.1, 0.15) is 13.8 Å². The lowest BCUT2D eigenvalue weighted by atomic mass is 10.2. The summed E-state index contributed by atoms with van der Waals surface area (Å²) in [5.74, 6) is 0.245. The molecule has 6 heteroatoms. The molecule has 1 N–H and O–H groups in total. The monoisotopic (exact) mass is 239 g/mol. The summed E-state index contributed by atoms with van der Waals surface area (Å²) < 4.78 is 1.39. The number of aromatic nitrogens is 1. The largest absolute Gasteiger partial charge is 0.334 e. The molecule has 17 heavy (non-hydrogen) atoms. The molecular weight excluding hydrogens is 222 g/mol. The van der Waals surface area contributed by atoms with Gasteiger partial charge in [-0.05, 0) is 25.1 Å². The zero-order chi connectivity index (χ0) is 12.8. The highest BCUT2D eigenvalue weighted by Crippen LogP contribution is 2.04. The van der Waals surface area contributed by atoms with Gasteiger partial charge in [0.1, 0.15) is 0 Å². The fourth-order valence-electron chi connectivity index (χ4n) is 1.60. The highest BCUT2D eigenvalue weighted by molar-refractivity contribution is 5.25. The first-order valence-electron chi connectivity index (χ1n) is 5.60. The number of nitrogens with one attached hydrogen (secondary N) is 1. The van der Waals surface area contributed by atoms with E-state index in [1.54, 1.807) is 6.20 Å². The maximum Gasteiger partial charge on any atom is 0.334 e. The maximum atomic E-state index is 11.7. The summed E-state index contributed by atoms with van der Waals surface area (Å²) in [5, 5.41) is 13.8. The summed E-state index contributed by atoms with van der Waals surface area (Å²) in [6.45, 7) is 6.13. The molecule has 1 unspecified atom stereocenters. The third kappa shape index (κ3) is 3.67. The van der Waals surface area contributed by atoms with Gasteiger partial charge in [-0.25, -0.2) is 0 Å². The van der Waals surface area contributed by atoms with Crippen molar-refractivity contribution >= 4 is 5.69 Å². The molecular formula is C11H17N3O3. The Kier molecular flexibility index (Phi) is 4.84. The van der Waals surface area contributed by atoms with Gasteiger partial charge in [-0.15, -0.1) is 0 Å². The molecule has 0 amide bonds. The van der Waals surface area contributed by atoms with Crippen molar-refractivity contribution in [2.75, 3.05) is 13.1 Å². The van der Waals surface area contributed by atoms with Crippen molar-refractivity contribution in [3.05, 3.63) is 38.8 Å². The minimum Gasteiger partial charge on any atom is -0.317 e. The van der Waals surface area contributed by atoms with Crippen molar-refractivity contribution in [2.45, 2.75) is 20.4 Å². The van der Waals surface area contributed by atoms with E-state index in [4.69, 9.17) is 0 Å². The van der Waals surface area contributed by atoms with Gasteiger partial charge in [-0.2, -0.15) is 0 Å². The first kappa shape index (κ1) is 13.4. The standard InChI is InChI=1S/C11H17N3O3/c1-3-12-7-9(2)8-13-6-4-5-10(11(13)15)14(16)17/h4-6,9,12H,3,7-8H2,1-2H3. The van der Waals surface area contributed by atoms with E-state index in [2.05, 4.69) is 5.32 Å². The maximum absolute atomic E-state index is 11.7. The smallest absolute Gasteiger partial charge is 0.317 e. The Bertz CT molecular complexity index is 442. The van der Waals surface area contributed by atoms with Crippen LogP contribution in [0.5, 0.6) is 0 Å². The van der Waals surface area contributed by atoms with Crippen LogP contribution in [0.2, 0.25) is 0 Å². The SMILES string of the molecule is CCNCC(C)Cn1cccc([N+](=O)[O-])c1=O. The van der Waals surface area contributed by atoms with Crippen LogP contribution in [0.4, 0.5) is 5.69 Å². The molecule has 0 aliphatic rings. The number of nitro groups is 1. The molecule has 0 aliphatic carbocycles. The second-order valence-corrected chi connectivity index (χ2v) is 4.02. The lowest BCUT2D eigenvalue weighted by Crippen LogP contribution is -2.29. The van der Waals surface area contributed by atoms with E-state index in [0.717, 1.165) is 13.1 Å². The van der Waals surface area contributed by atoms with Crippen LogP contribution in [0.25, 0.3) is 0 Å². The predicted octanol–water partition coefficient (Wildman–Crippen LogP) is 1.00. The number of rotatable bonds is 6. The van der Waals surface area contributed by atoms with Gasteiger partial charge in [-0.3, -0.25) is 14.9 Å². The highest BCUT2D eigenvalue weighted by atomic mass is 16.6. The second-order valence-electron chi connectivity index (χ2n) is 4.02. The fraction of sp³-hybridized carbons (Fsp3) is 0.545. The van der Waals surface area contributed by atoms with Crippen molar-refractivity contribution in [1.82, 2.24) is 9.88 Å². The number of pyridine rings is 1. The Hall–Kier alpha value is -1.69. The van der Waals surface area contributed by atoms with E-state index in [-0.39, 0.29) is 11.6 Å². The minimum atomic E-state index is -0.645. The Labute approximate surface area is 99.4 Å². The molecule has 0 fully saturated rings. The second kappa shape index (κ2) is 6.15. The summed E-state index contributed by atoms with van der Waals surface area (Å²) in [6.07, 6.45) is 1.58. The summed E-state index contributed by atoms with van der Waals surface area (Å²) >= 11 is 0. The van der Waals surface area contributed by atoms with E-state index >= 15 is 0 Å². The van der Waals surface area contributed by atoms with Crippen molar-refractivity contribution in [1.29, 1.82) is 0 Å². The predicted molar refractivity (Wildman–Crippen MR) is 65.1 cm³/mol. The zero-order valence-electron chi connectivity index (χ0n) is 10.0. The fourth-order valence-corrected chi connectivity index (χ4v) is 1.60. The average Bonchev–Trinajstić information content (AvgIpc) is 2.28. The van der Waals surface area contributed by atoms with E-state index in [1.165, 1.54) is 16.7 Å². The summed E-state index contributed by atoms with van der Waals surface area (Å²) in [7, 11) is 0. The van der Waals surface area contributed by atoms with E-state index in [0.29, 0.717) is 6.54 Å². The summed E-state index contributed by atoms with van der Waals surface area (Å²) in [5.41, 5.74) is -0.913. The number of hydrogen-bond acceptors (Lipinski definition) is 4. The van der Waals surface area contributed by atoms with Crippen LogP contribution in [0.15, 0.2) is 23.1 Å². The zero-order valence-corrected chi connectivity index (χ0v) is 10.0. The van der Waals surface area contributed by atoms with Crippen molar-refractivity contribution in [3.8, 4) is 0 Å². The van der Waals surface area contributed by atoms with E-state index in [1.807, 2.05) is 13.8 Å². The van der Waals surface area contributed by atoms with E-state index in [9.17, 15) is 14.9 Å². The highest BCUT2D eigenvalue weighted by Gasteiger charge is 2.14. The molecule has 0 spiro atoms. The Balaban J connectivity index is 2.82. The molecule has 0 radical (unpaired) electrons. The van der Waals surface area contributed by atoms with Crippen LogP contribution in [-0.4, -0.2) is 22.6 Å². The number of hydrogen-bond donors (Lipinski definition) is 1. The molecule has 94 valence electrons. The molecule has 1 aromatic rings.